The van der Waals surface area contributed by atoms with E-state index in [4.69, 9.17) is 9.47 Å². The van der Waals surface area contributed by atoms with Crippen molar-refractivity contribution in [2.24, 2.45) is 0 Å². The number of aromatic hydroxyl groups is 2. The van der Waals surface area contributed by atoms with E-state index in [0.717, 1.165) is 12.8 Å². The summed E-state index contributed by atoms with van der Waals surface area (Å²) in [6.45, 7) is 7.04. The summed E-state index contributed by atoms with van der Waals surface area (Å²) in [7, 11) is 0. The third kappa shape index (κ3) is 3.61. The van der Waals surface area contributed by atoms with Gasteiger partial charge in [0.15, 0.2) is 17.3 Å². The van der Waals surface area contributed by atoms with Gasteiger partial charge < -0.3 is 19.7 Å². The number of phenolic OH excluding ortho intramolecular Hbond substituents is 2. The second kappa shape index (κ2) is 7.36. The van der Waals surface area contributed by atoms with Gasteiger partial charge in [-0.2, -0.15) is 0 Å². The molecule has 19 heavy (non-hydrogen) atoms. The molecule has 0 aliphatic carbocycles. The minimum Gasteiger partial charge on any atom is -0.504 e. The van der Waals surface area contributed by atoms with Crippen molar-refractivity contribution in [3.8, 4) is 11.5 Å². The monoisotopic (exact) mass is 268 g/mol. The van der Waals surface area contributed by atoms with E-state index in [0.29, 0.717) is 25.2 Å². The molecule has 0 atom stereocenters. The number of rotatable bonds is 8. The fourth-order valence-electron chi connectivity index (χ4n) is 1.96. The van der Waals surface area contributed by atoms with Gasteiger partial charge in [0.25, 0.3) is 0 Å². The standard InChI is InChI=1S/C15H24O4/c1-4-10-18-15(6-3,19-11-5-2)12-8-7-9-13(16)14(12)17/h7-9,16-17H,4-6,10-11H2,1-3H3. The van der Waals surface area contributed by atoms with Gasteiger partial charge in [0, 0.05) is 6.42 Å². The van der Waals surface area contributed by atoms with E-state index in [1.807, 2.05) is 20.8 Å². The molecule has 0 fully saturated rings. The Morgan fingerprint density at radius 3 is 2.05 bits per heavy atom. The van der Waals surface area contributed by atoms with Gasteiger partial charge in [-0.05, 0) is 25.0 Å². The van der Waals surface area contributed by atoms with Crippen molar-refractivity contribution in [1.82, 2.24) is 0 Å². The highest BCUT2D eigenvalue weighted by atomic mass is 16.7. The molecule has 1 rings (SSSR count). The summed E-state index contributed by atoms with van der Waals surface area (Å²) in [5.41, 5.74) is 0.483. The lowest BCUT2D eigenvalue weighted by atomic mass is 10.0. The first kappa shape index (κ1) is 15.8. The van der Waals surface area contributed by atoms with Gasteiger partial charge in [0.1, 0.15) is 0 Å². The van der Waals surface area contributed by atoms with Gasteiger partial charge in [0.05, 0.1) is 18.8 Å². The smallest absolute Gasteiger partial charge is 0.198 e. The van der Waals surface area contributed by atoms with Crippen LogP contribution in [0.2, 0.25) is 0 Å². The van der Waals surface area contributed by atoms with Gasteiger partial charge in [-0.3, -0.25) is 0 Å². The van der Waals surface area contributed by atoms with E-state index >= 15 is 0 Å². The first-order valence-electron chi connectivity index (χ1n) is 6.90. The molecule has 108 valence electrons. The number of ether oxygens (including phenoxy) is 2. The Morgan fingerprint density at radius 1 is 1.00 bits per heavy atom. The van der Waals surface area contributed by atoms with E-state index in [1.54, 1.807) is 12.1 Å². The highest BCUT2D eigenvalue weighted by Gasteiger charge is 2.35. The van der Waals surface area contributed by atoms with E-state index in [-0.39, 0.29) is 11.5 Å². The maximum absolute atomic E-state index is 10.1. The fourth-order valence-corrected chi connectivity index (χ4v) is 1.96. The third-order valence-electron chi connectivity index (χ3n) is 2.97. The zero-order valence-electron chi connectivity index (χ0n) is 12.0. The summed E-state index contributed by atoms with van der Waals surface area (Å²) >= 11 is 0. The predicted molar refractivity (Wildman–Crippen MR) is 74.2 cm³/mol. The summed E-state index contributed by atoms with van der Waals surface area (Å²) in [5, 5.41) is 19.7. The summed E-state index contributed by atoms with van der Waals surface area (Å²) in [4.78, 5) is 0. The molecule has 2 N–H and O–H groups in total. The second-order valence-corrected chi connectivity index (χ2v) is 4.48. The lowest BCUT2D eigenvalue weighted by Crippen LogP contribution is -2.33. The van der Waals surface area contributed by atoms with Crippen LogP contribution in [0.25, 0.3) is 0 Å². The van der Waals surface area contributed by atoms with E-state index in [1.165, 1.54) is 6.07 Å². The molecule has 1 aromatic rings. The second-order valence-electron chi connectivity index (χ2n) is 4.48. The molecular weight excluding hydrogens is 244 g/mol. The molecule has 1 aromatic carbocycles. The van der Waals surface area contributed by atoms with E-state index in [2.05, 4.69) is 0 Å². The molecule has 0 saturated heterocycles. The van der Waals surface area contributed by atoms with Crippen LogP contribution in [0, 0.1) is 0 Å². The average Bonchev–Trinajstić information content (AvgIpc) is 2.43. The Morgan fingerprint density at radius 2 is 1.58 bits per heavy atom. The lowest BCUT2D eigenvalue weighted by molar-refractivity contribution is -0.249. The van der Waals surface area contributed by atoms with Gasteiger partial charge >= 0.3 is 0 Å². The van der Waals surface area contributed by atoms with Crippen molar-refractivity contribution in [3.05, 3.63) is 23.8 Å². The molecule has 4 nitrogen and oxygen atoms in total. The van der Waals surface area contributed by atoms with Crippen LogP contribution in [0.15, 0.2) is 18.2 Å². The van der Waals surface area contributed by atoms with Gasteiger partial charge in [-0.15, -0.1) is 0 Å². The van der Waals surface area contributed by atoms with Crippen LogP contribution in [0.3, 0.4) is 0 Å². The number of hydrogen-bond donors (Lipinski definition) is 2. The van der Waals surface area contributed by atoms with Crippen LogP contribution in [0.5, 0.6) is 11.5 Å². The zero-order chi connectivity index (χ0) is 14.3. The largest absolute Gasteiger partial charge is 0.504 e. The molecular formula is C15H24O4. The molecule has 0 bridgehead atoms. The number of para-hydroxylation sites is 1. The van der Waals surface area contributed by atoms with Crippen LogP contribution in [-0.4, -0.2) is 23.4 Å². The van der Waals surface area contributed by atoms with Crippen molar-refractivity contribution in [2.75, 3.05) is 13.2 Å². The quantitative estimate of drug-likeness (QED) is 0.559. The highest BCUT2D eigenvalue weighted by Crippen LogP contribution is 2.41. The van der Waals surface area contributed by atoms with Gasteiger partial charge in [-0.25, -0.2) is 0 Å². The summed E-state index contributed by atoms with van der Waals surface area (Å²) < 4.78 is 11.7. The molecule has 4 heteroatoms. The number of phenols is 2. The van der Waals surface area contributed by atoms with Gasteiger partial charge in [0.2, 0.25) is 0 Å². The molecule has 0 unspecified atom stereocenters. The van der Waals surface area contributed by atoms with Crippen molar-refractivity contribution in [1.29, 1.82) is 0 Å². The molecule has 0 aliphatic rings. The first-order chi connectivity index (χ1) is 9.11. The van der Waals surface area contributed by atoms with Crippen LogP contribution in [-0.2, 0) is 15.3 Å². The predicted octanol–water partition coefficient (Wildman–Crippen LogP) is 3.51. The molecule has 0 saturated carbocycles. The van der Waals surface area contributed by atoms with Crippen molar-refractivity contribution < 1.29 is 19.7 Å². The molecule has 0 aromatic heterocycles. The van der Waals surface area contributed by atoms with Crippen LogP contribution >= 0.6 is 0 Å². The normalized spacial score (nSPS) is 11.7. The minimum absolute atomic E-state index is 0.157. The number of benzene rings is 1. The summed E-state index contributed by atoms with van der Waals surface area (Å²) in [6.07, 6.45) is 2.28. The minimum atomic E-state index is -0.991. The first-order valence-corrected chi connectivity index (χ1v) is 6.90. The van der Waals surface area contributed by atoms with E-state index < -0.39 is 5.79 Å². The molecule has 0 amide bonds. The molecule has 0 spiro atoms. The third-order valence-corrected chi connectivity index (χ3v) is 2.97. The maximum Gasteiger partial charge on any atom is 0.198 e. The lowest BCUT2D eigenvalue weighted by Gasteiger charge is -2.33. The van der Waals surface area contributed by atoms with Crippen LogP contribution in [0.1, 0.15) is 45.6 Å². The topological polar surface area (TPSA) is 58.9 Å². The summed E-state index contributed by atoms with van der Waals surface area (Å²) in [5.74, 6) is -1.32. The van der Waals surface area contributed by atoms with E-state index in [9.17, 15) is 10.2 Å². The van der Waals surface area contributed by atoms with Crippen molar-refractivity contribution >= 4 is 0 Å². The molecule has 0 heterocycles. The summed E-state index contributed by atoms with van der Waals surface area (Å²) in [6, 6.07) is 4.85. The van der Waals surface area contributed by atoms with Crippen LogP contribution in [0.4, 0.5) is 0 Å². The zero-order valence-corrected chi connectivity index (χ0v) is 12.0. The van der Waals surface area contributed by atoms with Crippen molar-refractivity contribution in [3.63, 3.8) is 0 Å². The Kier molecular flexibility index (Phi) is 6.12. The highest BCUT2D eigenvalue weighted by molar-refractivity contribution is 5.46. The average molecular weight is 268 g/mol. The van der Waals surface area contributed by atoms with Crippen LogP contribution < -0.4 is 0 Å². The Bertz CT molecular complexity index is 382. The maximum atomic E-state index is 10.1. The Labute approximate surface area is 115 Å². The van der Waals surface area contributed by atoms with Gasteiger partial charge in [-0.1, -0.05) is 26.8 Å². The fraction of sp³-hybridized carbons (Fsp3) is 0.600. The number of hydrogen-bond acceptors (Lipinski definition) is 4. The molecule has 0 radical (unpaired) electrons. The SMILES string of the molecule is CCCOC(CC)(OCCC)c1cccc(O)c1O. The Hall–Kier alpha value is -1.26. The van der Waals surface area contributed by atoms with Crippen molar-refractivity contribution in [2.45, 2.75) is 45.8 Å². The Balaban J connectivity index is 3.15. The molecule has 0 aliphatic heterocycles.